The highest BCUT2D eigenvalue weighted by Gasteiger charge is 2.29. The topological polar surface area (TPSA) is 24.1 Å². The number of hydrogen-bond donors (Lipinski definition) is 2. The van der Waals surface area contributed by atoms with E-state index in [0.29, 0.717) is 0 Å². The molecule has 0 aromatic heterocycles. The van der Waals surface area contributed by atoms with Crippen molar-refractivity contribution >= 4 is 48.3 Å². The molecule has 0 saturated heterocycles. The van der Waals surface area contributed by atoms with E-state index >= 15 is 0 Å². The van der Waals surface area contributed by atoms with Crippen molar-refractivity contribution in [2.24, 2.45) is 0 Å². The summed E-state index contributed by atoms with van der Waals surface area (Å²) in [5.41, 5.74) is 4.91. The van der Waals surface area contributed by atoms with Crippen LogP contribution in [0.4, 0.5) is 5.69 Å². The first-order chi connectivity index (χ1) is 13.7. The molecule has 2 unspecified atom stereocenters. The normalized spacial score (nSPS) is 18.5. The Hall–Kier alpha value is -2.14. The molecule has 0 fully saturated rings. The highest BCUT2D eigenvalue weighted by molar-refractivity contribution is 9.10. The summed E-state index contributed by atoms with van der Waals surface area (Å²) in [7, 11) is 0. The zero-order valence-corrected chi connectivity index (χ0v) is 18.2. The van der Waals surface area contributed by atoms with Crippen molar-refractivity contribution < 1.29 is 0 Å². The summed E-state index contributed by atoms with van der Waals surface area (Å²) >= 11 is 7.24. The zero-order chi connectivity index (χ0) is 19.1. The Morgan fingerprint density at radius 3 is 2.18 bits per heavy atom. The van der Waals surface area contributed by atoms with E-state index in [2.05, 4.69) is 127 Å². The van der Waals surface area contributed by atoms with Crippen LogP contribution in [0.2, 0.25) is 0 Å². The number of benzene rings is 4. The predicted molar refractivity (Wildman–Crippen MR) is 124 cm³/mol. The second-order valence-electron chi connectivity index (χ2n) is 7.03. The molecule has 1 aliphatic heterocycles. The molecule has 1 heterocycles. The van der Waals surface area contributed by atoms with Gasteiger partial charge in [-0.2, -0.15) is 0 Å². The Morgan fingerprint density at radius 1 is 0.679 bits per heavy atom. The third-order valence-electron chi connectivity index (χ3n) is 5.26. The summed E-state index contributed by atoms with van der Waals surface area (Å²) < 4.78 is 2.17. The molecule has 5 rings (SSSR count). The molecule has 4 heteroatoms. The van der Waals surface area contributed by atoms with Crippen molar-refractivity contribution in [1.82, 2.24) is 5.32 Å². The van der Waals surface area contributed by atoms with Crippen molar-refractivity contribution in [3.63, 3.8) is 0 Å². The Morgan fingerprint density at radius 2 is 1.39 bits per heavy atom. The van der Waals surface area contributed by atoms with Crippen LogP contribution in [0.25, 0.3) is 10.8 Å². The van der Waals surface area contributed by atoms with Gasteiger partial charge < -0.3 is 5.32 Å². The molecule has 0 spiro atoms. The van der Waals surface area contributed by atoms with E-state index in [-0.39, 0.29) is 12.2 Å². The molecule has 4 aromatic carbocycles. The first kappa shape index (κ1) is 17.9. The van der Waals surface area contributed by atoms with Crippen LogP contribution >= 0.6 is 31.9 Å². The highest BCUT2D eigenvalue weighted by Crippen LogP contribution is 2.41. The van der Waals surface area contributed by atoms with Gasteiger partial charge >= 0.3 is 0 Å². The van der Waals surface area contributed by atoms with Crippen LogP contribution in [-0.2, 0) is 0 Å². The number of halogens is 2. The van der Waals surface area contributed by atoms with E-state index in [0.717, 1.165) is 8.95 Å². The monoisotopic (exact) mass is 492 g/mol. The average Bonchev–Trinajstić information content (AvgIpc) is 2.73. The molecule has 0 saturated carbocycles. The van der Waals surface area contributed by atoms with Gasteiger partial charge in [-0.25, -0.2) is 0 Å². The van der Waals surface area contributed by atoms with Gasteiger partial charge in [0.15, 0.2) is 0 Å². The van der Waals surface area contributed by atoms with Crippen molar-refractivity contribution in [2.75, 3.05) is 5.32 Å². The van der Waals surface area contributed by atoms with Crippen LogP contribution in [0.1, 0.15) is 28.9 Å². The van der Waals surface area contributed by atoms with Gasteiger partial charge in [0, 0.05) is 20.2 Å². The van der Waals surface area contributed by atoms with Crippen LogP contribution in [0, 0.1) is 0 Å². The quantitative estimate of drug-likeness (QED) is 0.309. The Labute approximate surface area is 181 Å². The fraction of sp³-hybridized carbons (Fsp3) is 0.0833. The van der Waals surface area contributed by atoms with Gasteiger partial charge in [0.2, 0.25) is 0 Å². The maximum absolute atomic E-state index is 3.84. The third-order valence-corrected chi connectivity index (χ3v) is 6.24. The van der Waals surface area contributed by atoms with E-state index in [1.165, 1.54) is 33.2 Å². The fourth-order valence-electron chi connectivity index (χ4n) is 3.99. The van der Waals surface area contributed by atoms with Crippen molar-refractivity contribution in [3.05, 3.63) is 111 Å². The lowest BCUT2D eigenvalue weighted by molar-refractivity contribution is 0.508. The summed E-state index contributed by atoms with van der Waals surface area (Å²) in [4.78, 5) is 0. The minimum atomic E-state index is 0.0233. The molecule has 2 nitrogen and oxygen atoms in total. The molecule has 2 N–H and O–H groups in total. The SMILES string of the molecule is Brc1cccc(C2Nc3ccc4ccccc4c3C(c3cccc(Br)c3)N2)c1. The molecule has 0 bridgehead atoms. The van der Waals surface area contributed by atoms with Crippen LogP contribution in [0.5, 0.6) is 0 Å². The van der Waals surface area contributed by atoms with Gasteiger partial charge in [-0.05, 0) is 52.2 Å². The fourth-order valence-corrected chi connectivity index (χ4v) is 4.83. The maximum atomic E-state index is 3.84. The number of fused-ring (bicyclic) bond motifs is 3. The van der Waals surface area contributed by atoms with Crippen LogP contribution < -0.4 is 10.6 Å². The van der Waals surface area contributed by atoms with E-state index < -0.39 is 0 Å². The first-order valence-corrected chi connectivity index (χ1v) is 10.8. The van der Waals surface area contributed by atoms with Gasteiger partial charge in [-0.1, -0.05) is 86.5 Å². The third kappa shape index (κ3) is 3.26. The van der Waals surface area contributed by atoms with Crippen molar-refractivity contribution in [3.8, 4) is 0 Å². The molecule has 4 aromatic rings. The summed E-state index contributed by atoms with van der Waals surface area (Å²) in [6, 6.07) is 30.1. The second kappa shape index (κ2) is 7.36. The molecule has 0 amide bonds. The smallest absolute Gasteiger partial charge is 0.104 e. The highest BCUT2D eigenvalue weighted by atomic mass is 79.9. The number of rotatable bonds is 2. The summed E-state index contributed by atoms with van der Waals surface area (Å²) in [5, 5.41) is 10.1. The van der Waals surface area contributed by atoms with E-state index in [4.69, 9.17) is 0 Å². The first-order valence-electron chi connectivity index (χ1n) is 9.24. The Balaban J connectivity index is 1.70. The molecule has 28 heavy (non-hydrogen) atoms. The van der Waals surface area contributed by atoms with Gasteiger partial charge in [-0.15, -0.1) is 0 Å². The van der Waals surface area contributed by atoms with Crippen molar-refractivity contribution in [1.29, 1.82) is 0 Å². The lowest BCUT2D eigenvalue weighted by Crippen LogP contribution is -2.37. The van der Waals surface area contributed by atoms with E-state index in [1.54, 1.807) is 0 Å². The molecular weight excluding hydrogens is 476 g/mol. The summed E-state index contributed by atoms with van der Waals surface area (Å²) in [6.45, 7) is 0. The second-order valence-corrected chi connectivity index (χ2v) is 8.87. The maximum Gasteiger partial charge on any atom is 0.104 e. The van der Waals surface area contributed by atoms with Crippen LogP contribution in [0.15, 0.2) is 93.9 Å². The molecule has 138 valence electrons. The minimum Gasteiger partial charge on any atom is -0.366 e. The summed E-state index contributed by atoms with van der Waals surface area (Å²) in [5.74, 6) is 0. The molecule has 2 atom stereocenters. The largest absolute Gasteiger partial charge is 0.366 e. The molecule has 1 aliphatic rings. The lowest BCUT2D eigenvalue weighted by atomic mass is 9.89. The van der Waals surface area contributed by atoms with Gasteiger partial charge in [0.25, 0.3) is 0 Å². The average molecular weight is 494 g/mol. The van der Waals surface area contributed by atoms with Gasteiger partial charge in [0.1, 0.15) is 6.17 Å². The van der Waals surface area contributed by atoms with Gasteiger partial charge in [0.05, 0.1) is 6.04 Å². The minimum absolute atomic E-state index is 0.0233. The number of nitrogens with one attached hydrogen (secondary N) is 2. The Kier molecular flexibility index (Phi) is 4.71. The molecule has 0 aliphatic carbocycles. The zero-order valence-electron chi connectivity index (χ0n) is 15.0. The number of anilines is 1. The lowest BCUT2D eigenvalue weighted by Gasteiger charge is -2.36. The van der Waals surface area contributed by atoms with Crippen molar-refractivity contribution in [2.45, 2.75) is 12.2 Å². The van der Waals surface area contributed by atoms with E-state index in [1.807, 2.05) is 0 Å². The molecule has 0 radical (unpaired) electrons. The van der Waals surface area contributed by atoms with Crippen LogP contribution in [-0.4, -0.2) is 0 Å². The standard InChI is InChI=1S/C24H18Br2N2/c25-18-8-3-6-16(13-18)23-22-20-10-2-1-5-15(20)11-12-21(22)27-24(28-23)17-7-4-9-19(26)14-17/h1-14,23-24,27-28H. The van der Waals surface area contributed by atoms with Gasteiger partial charge in [-0.3, -0.25) is 5.32 Å². The predicted octanol–water partition coefficient (Wildman–Crippen LogP) is 7.17. The Bertz CT molecular complexity index is 1170. The summed E-state index contributed by atoms with van der Waals surface area (Å²) in [6.07, 6.45) is 0.0233. The van der Waals surface area contributed by atoms with Crippen LogP contribution in [0.3, 0.4) is 0 Å². The number of hydrogen-bond acceptors (Lipinski definition) is 2. The van der Waals surface area contributed by atoms with E-state index in [9.17, 15) is 0 Å². The molecular formula is C24H18Br2N2.